The van der Waals surface area contributed by atoms with Crippen molar-refractivity contribution in [2.75, 3.05) is 17.3 Å². The first-order valence-corrected chi connectivity index (χ1v) is 15.2. The number of hydrogen-bond donors (Lipinski definition) is 1. The van der Waals surface area contributed by atoms with Gasteiger partial charge in [0.2, 0.25) is 17.7 Å². The molecule has 0 bridgehead atoms. The quantitative estimate of drug-likeness (QED) is 0.254. The second kappa shape index (κ2) is 11.5. The molecule has 3 aromatic carbocycles. The molecule has 0 unspecified atom stereocenters. The Bertz CT molecular complexity index is 1860. The van der Waals surface area contributed by atoms with Gasteiger partial charge < -0.3 is 10.1 Å². The molecule has 3 heterocycles. The maximum atomic E-state index is 14.0. The summed E-state index contributed by atoms with van der Waals surface area (Å²) in [6.45, 7) is -0.404. The second-order valence-electron chi connectivity index (χ2n) is 9.99. The van der Waals surface area contributed by atoms with Crippen molar-refractivity contribution in [2.24, 2.45) is 5.92 Å². The van der Waals surface area contributed by atoms with Crippen LogP contribution in [0.2, 0.25) is 5.02 Å². The van der Waals surface area contributed by atoms with Gasteiger partial charge in [-0.2, -0.15) is 13.2 Å². The number of thiazole rings is 1. The van der Waals surface area contributed by atoms with E-state index in [9.17, 15) is 32.3 Å². The fraction of sp³-hybridized carbons (Fsp3) is 0.200. The number of amides is 3. The topological polar surface area (TPSA) is 97.7 Å². The van der Waals surface area contributed by atoms with Crippen LogP contribution >= 0.6 is 34.7 Å². The summed E-state index contributed by atoms with van der Waals surface area (Å²) in [5, 5.41) is 2.28. The molecule has 2 aliphatic heterocycles. The number of carbonyl (C=O) groups excluding carboxylic acids is 3. The van der Waals surface area contributed by atoms with Gasteiger partial charge in [-0.3, -0.25) is 23.7 Å². The number of methoxy groups -OCH3 is 1. The van der Waals surface area contributed by atoms with Gasteiger partial charge in [-0.05, 0) is 42.5 Å². The summed E-state index contributed by atoms with van der Waals surface area (Å²) >= 11 is 7.64. The first kappa shape index (κ1) is 30.0. The van der Waals surface area contributed by atoms with Crippen molar-refractivity contribution in [1.82, 2.24) is 4.57 Å². The van der Waals surface area contributed by atoms with Crippen LogP contribution < -0.4 is 19.8 Å². The van der Waals surface area contributed by atoms with Crippen LogP contribution in [0.5, 0.6) is 5.75 Å². The number of aromatic nitrogens is 1. The third-order valence-corrected chi connectivity index (χ3v) is 10.3. The van der Waals surface area contributed by atoms with Gasteiger partial charge in [-0.25, -0.2) is 4.90 Å². The lowest BCUT2D eigenvalue weighted by Crippen LogP contribution is -2.33. The van der Waals surface area contributed by atoms with E-state index in [0.29, 0.717) is 31.8 Å². The van der Waals surface area contributed by atoms with Crippen molar-refractivity contribution < 1.29 is 32.3 Å². The first-order chi connectivity index (χ1) is 21.0. The van der Waals surface area contributed by atoms with Gasteiger partial charge in [0.15, 0.2) is 0 Å². The Morgan fingerprint density at radius 2 is 1.66 bits per heavy atom. The molecule has 0 radical (unpaired) electrons. The minimum absolute atomic E-state index is 0.288. The molecule has 6 rings (SSSR count). The fourth-order valence-electron chi connectivity index (χ4n) is 5.54. The van der Waals surface area contributed by atoms with Crippen molar-refractivity contribution in [3.05, 3.63) is 103 Å². The minimum atomic E-state index is -4.82. The predicted octanol–water partition coefficient (Wildman–Crippen LogP) is 6.03. The van der Waals surface area contributed by atoms with Crippen LogP contribution in [-0.4, -0.2) is 34.6 Å². The maximum absolute atomic E-state index is 14.0. The predicted molar refractivity (Wildman–Crippen MR) is 161 cm³/mol. The van der Waals surface area contributed by atoms with E-state index in [4.69, 9.17) is 16.3 Å². The maximum Gasteiger partial charge on any atom is 0.418 e. The number of nitrogens with zero attached hydrogens (tertiary/aromatic N) is 2. The molecule has 1 fully saturated rings. The molecule has 4 aromatic rings. The van der Waals surface area contributed by atoms with Crippen molar-refractivity contribution >= 4 is 63.8 Å². The highest BCUT2D eigenvalue weighted by Gasteiger charge is 2.58. The van der Waals surface area contributed by atoms with E-state index in [1.54, 1.807) is 48.5 Å². The van der Waals surface area contributed by atoms with Crippen LogP contribution in [0, 0.1) is 5.92 Å². The average molecular weight is 660 g/mol. The molecule has 0 spiro atoms. The van der Waals surface area contributed by atoms with E-state index in [1.807, 2.05) is 0 Å². The molecule has 1 saturated heterocycles. The largest absolute Gasteiger partial charge is 0.496 e. The number of halogens is 4. The van der Waals surface area contributed by atoms with Crippen molar-refractivity contribution in [3.63, 3.8) is 0 Å². The molecule has 8 nitrogen and oxygen atoms in total. The highest BCUT2D eigenvalue weighted by Crippen LogP contribution is 2.55. The smallest absolute Gasteiger partial charge is 0.418 e. The van der Waals surface area contributed by atoms with Crippen LogP contribution in [0.15, 0.2) is 82.6 Å². The van der Waals surface area contributed by atoms with E-state index in [-0.39, 0.29) is 5.03 Å². The summed E-state index contributed by atoms with van der Waals surface area (Å²) in [5.74, 6) is -3.88. The number of imide groups is 1. The minimum Gasteiger partial charge on any atom is -0.496 e. The molecule has 1 N–H and O–H groups in total. The molecule has 14 heteroatoms. The van der Waals surface area contributed by atoms with Gasteiger partial charge in [-0.15, -0.1) is 0 Å². The lowest BCUT2D eigenvalue weighted by atomic mass is 9.82. The van der Waals surface area contributed by atoms with Gasteiger partial charge in [0.25, 0.3) is 0 Å². The van der Waals surface area contributed by atoms with Gasteiger partial charge in [0.05, 0.1) is 29.3 Å². The van der Waals surface area contributed by atoms with Crippen LogP contribution in [0.25, 0.3) is 0 Å². The summed E-state index contributed by atoms with van der Waals surface area (Å²) in [7, 11) is 1.43. The van der Waals surface area contributed by atoms with Crippen LogP contribution in [-0.2, 0) is 27.1 Å². The van der Waals surface area contributed by atoms with Gasteiger partial charge in [0.1, 0.15) is 17.5 Å². The summed E-state index contributed by atoms with van der Waals surface area (Å²) in [4.78, 5) is 54.8. The summed E-state index contributed by atoms with van der Waals surface area (Å²) in [6, 6.07) is 17.5. The monoisotopic (exact) mass is 659 g/mol. The van der Waals surface area contributed by atoms with Crippen LogP contribution in [0.3, 0.4) is 0 Å². The fourth-order valence-corrected chi connectivity index (χ4v) is 8.43. The number of alkyl halides is 3. The van der Waals surface area contributed by atoms with Gasteiger partial charge >= 0.3 is 11.0 Å². The van der Waals surface area contributed by atoms with E-state index < -0.39 is 63.7 Å². The number of nitrogens with one attached hydrogen (secondary N) is 1. The Hall–Kier alpha value is -4.07. The summed E-state index contributed by atoms with van der Waals surface area (Å²) < 4.78 is 48.7. The van der Waals surface area contributed by atoms with Crippen LogP contribution in [0.4, 0.5) is 24.5 Å². The molecule has 2 aliphatic rings. The molecule has 0 aliphatic carbocycles. The number of ether oxygens (including phenoxy) is 1. The molecule has 1 aromatic heterocycles. The van der Waals surface area contributed by atoms with Gasteiger partial charge in [0, 0.05) is 27.1 Å². The molecule has 3 amide bonds. The Kier molecular flexibility index (Phi) is 7.80. The van der Waals surface area contributed by atoms with E-state index in [0.717, 1.165) is 35.2 Å². The highest BCUT2D eigenvalue weighted by atomic mass is 35.5. The Labute approximate surface area is 261 Å². The number of rotatable bonds is 6. The zero-order valence-corrected chi connectivity index (χ0v) is 25.0. The lowest BCUT2D eigenvalue weighted by molar-refractivity contribution is -0.137. The molecular weight excluding hydrogens is 639 g/mol. The number of anilines is 2. The average Bonchev–Trinajstić information content (AvgIpc) is 3.44. The Morgan fingerprint density at radius 1 is 0.977 bits per heavy atom. The van der Waals surface area contributed by atoms with E-state index in [2.05, 4.69) is 5.32 Å². The number of benzene rings is 3. The Morgan fingerprint density at radius 3 is 2.36 bits per heavy atom. The molecule has 44 heavy (non-hydrogen) atoms. The standard InChI is InChI=1S/C30H21ClF3N3O5S2/c1-42-20-9-5-2-6-17(20)22-23-24(27(40)37(26(23)39)19-8-4-3-7-18(19)30(32,33)34)43-28-25(22)44-29(41)36(28)14-21(38)35-16-12-10-15(31)11-13-16/h2-13,22-24H,14H2,1H3,(H,35,38)/t22-,23-,24+/m0/s1. The number of hydrogen-bond acceptors (Lipinski definition) is 7. The molecule has 226 valence electrons. The Balaban J connectivity index is 1.45. The molecule has 3 atom stereocenters. The van der Waals surface area contributed by atoms with Crippen molar-refractivity contribution in [1.29, 1.82) is 0 Å². The number of carbonyl (C=O) groups is 3. The first-order valence-electron chi connectivity index (χ1n) is 13.1. The van der Waals surface area contributed by atoms with Crippen molar-refractivity contribution in [2.45, 2.75) is 28.9 Å². The third-order valence-electron chi connectivity index (χ3n) is 7.40. The van der Waals surface area contributed by atoms with Crippen LogP contribution in [0.1, 0.15) is 21.9 Å². The summed E-state index contributed by atoms with van der Waals surface area (Å²) in [6.07, 6.45) is -4.82. The zero-order valence-electron chi connectivity index (χ0n) is 22.6. The summed E-state index contributed by atoms with van der Waals surface area (Å²) in [5.41, 5.74) is -0.749. The zero-order chi connectivity index (χ0) is 31.3. The third kappa shape index (κ3) is 5.18. The number of para-hydroxylation sites is 2. The normalized spacial score (nSPS) is 19.5. The number of fused-ring (bicyclic) bond motifs is 2. The van der Waals surface area contributed by atoms with E-state index in [1.165, 1.54) is 23.8 Å². The molecular formula is C30H21ClF3N3O5S2. The number of thioether (sulfide) groups is 1. The van der Waals surface area contributed by atoms with Crippen molar-refractivity contribution in [3.8, 4) is 5.75 Å². The second-order valence-corrected chi connectivity index (χ2v) is 12.5. The highest BCUT2D eigenvalue weighted by molar-refractivity contribution is 8.00. The SMILES string of the molecule is COc1ccccc1[C@@H]1c2sc(=O)n(CC(=O)Nc3ccc(Cl)cc3)c2S[C@H]2C(=O)N(c3ccccc3C(F)(F)F)C(=O)[C@@H]12. The lowest BCUT2D eigenvalue weighted by Gasteiger charge is -2.31. The molecule has 0 saturated carbocycles. The van der Waals surface area contributed by atoms with E-state index >= 15 is 0 Å². The van der Waals surface area contributed by atoms with Gasteiger partial charge in [-0.1, -0.05) is 65.0 Å².